The molecule has 1 N–H and O–H groups in total. The minimum absolute atomic E-state index is 0.193. The molecule has 0 aliphatic carbocycles. The Kier molecular flexibility index (Phi) is 4.37. The quantitative estimate of drug-likeness (QED) is 0.707. The molecule has 0 bridgehead atoms. The third-order valence-corrected chi connectivity index (χ3v) is 5.54. The van der Waals surface area contributed by atoms with Crippen LogP contribution in [0.2, 0.25) is 5.02 Å². The van der Waals surface area contributed by atoms with Crippen LogP contribution in [0.25, 0.3) is 10.9 Å². The van der Waals surface area contributed by atoms with Crippen LogP contribution >= 0.6 is 11.6 Å². The number of carbonyl (C=O) groups excluding carboxylic acids is 1. The maximum atomic E-state index is 12.9. The van der Waals surface area contributed by atoms with Gasteiger partial charge in [0, 0.05) is 42.4 Å². The van der Waals surface area contributed by atoms with Crippen LogP contribution in [0.5, 0.6) is 0 Å². The van der Waals surface area contributed by atoms with Crippen molar-refractivity contribution in [2.45, 2.75) is 19.8 Å². The van der Waals surface area contributed by atoms with Crippen LogP contribution in [0.15, 0.2) is 42.5 Å². The summed E-state index contributed by atoms with van der Waals surface area (Å²) in [6.45, 7) is 4.31. The zero-order chi connectivity index (χ0) is 18.3. The third kappa shape index (κ3) is 2.84. The molecule has 1 amide bonds. The van der Waals surface area contributed by atoms with Crippen molar-refractivity contribution in [2.75, 3.05) is 23.3 Å². The molecule has 26 heavy (non-hydrogen) atoms. The summed E-state index contributed by atoms with van der Waals surface area (Å²) in [5.41, 5.74) is 4.64. The van der Waals surface area contributed by atoms with E-state index in [4.69, 9.17) is 11.6 Å². The number of hydrogen-bond donors (Lipinski definition) is 1. The second-order valence-electron chi connectivity index (χ2n) is 6.89. The van der Waals surface area contributed by atoms with Crippen LogP contribution < -0.4 is 10.2 Å². The lowest BCUT2D eigenvalue weighted by molar-refractivity contribution is 0.102. The van der Waals surface area contributed by atoms with Gasteiger partial charge in [0.15, 0.2) is 0 Å². The van der Waals surface area contributed by atoms with E-state index in [-0.39, 0.29) is 5.91 Å². The minimum atomic E-state index is -0.193. The van der Waals surface area contributed by atoms with E-state index in [1.165, 1.54) is 24.1 Å². The van der Waals surface area contributed by atoms with Crippen LogP contribution in [0.1, 0.15) is 28.9 Å². The fourth-order valence-corrected chi connectivity index (χ4v) is 4.21. The molecule has 0 saturated carbocycles. The lowest BCUT2D eigenvalue weighted by Crippen LogP contribution is -2.19. The van der Waals surface area contributed by atoms with Crippen molar-refractivity contribution in [1.29, 1.82) is 0 Å². The van der Waals surface area contributed by atoms with Gasteiger partial charge >= 0.3 is 0 Å². The van der Waals surface area contributed by atoms with E-state index in [2.05, 4.69) is 23.2 Å². The summed E-state index contributed by atoms with van der Waals surface area (Å²) in [5.74, 6) is -0.193. The fraction of sp³-hybridized carbons (Fsp3) is 0.286. The Morgan fingerprint density at radius 1 is 1.12 bits per heavy atom. The summed E-state index contributed by atoms with van der Waals surface area (Å²) in [7, 11) is 1.87. The van der Waals surface area contributed by atoms with E-state index < -0.39 is 0 Å². The predicted octanol–water partition coefficient (Wildman–Crippen LogP) is 4.99. The summed E-state index contributed by atoms with van der Waals surface area (Å²) in [6.07, 6.45) is 2.49. The van der Waals surface area contributed by atoms with Crippen LogP contribution in [0.4, 0.5) is 11.4 Å². The Labute approximate surface area is 158 Å². The zero-order valence-electron chi connectivity index (χ0n) is 15.1. The van der Waals surface area contributed by atoms with Crippen LogP contribution in [0, 0.1) is 6.92 Å². The number of anilines is 2. The molecule has 3 aromatic rings. The highest BCUT2D eigenvalue weighted by Crippen LogP contribution is 2.31. The van der Waals surface area contributed by atoms with Gasteiger partial charge in [0.05, 0.1) is 5.02 Å². The van der Waals surface area contributed by atoms with Crippen molar-refractivity contribution in [2.24, 2.45) is 7.05 Å². The van der Waals surface area contributed by atoms with Gasteiger partial charge in [-0.25, -0.2) is 0 Å². The summed E-state index contributed by atoms with van der Waals surface area (Å²) >= 11 is 6.48. The highest BCUT2D eigenvalue weighted by molar-refractivity contribution is 6.39. The van der Waals surface area contributed by atoms with E-state index >= 15 is 0 Å². The molecule has 1 fully saturated rings. The Bertz CT molecular complexity index is 947. The molecule has 0 radical (unpaired) electrons. The number of benzene rings is 2. The number of para-hydroxylation sites is 1. The van der Waals surface area contributed by atoms with Crippen molar-refractivity contribution >= 4 is 39.8 Å². The molecule has 1 saturated heterocycles. The van der Waals surface area contributed by atoms with Gasteiger partial charge < -0.3 is 14.8 Å². The molecule has 4 nitrogen and oxygen atoms in total. The maximum absolute atomic E-state index is 12.9. The smallest absolute Gasteiger partial charge is 0.273 e. The summed E-state index contributed by atoms with van der Waals surface area (Å²) < 4.78 is 1.85. The lowest BCUT2D eigenvalue weighted by atomic mass is 10.1. The molecule has 1 aliphatic rings. The number of fused-ring (bicyclic) bond motifs is 1. The minimum Gasteiger partial charge on any atom is -0.371 e. The van der Waals surface area contributed by atoms with Crippen molar-refractivity contribution in [3.63, 3.8) is 0 Å². The highest BCUT2D eigenvalue weighted by Gasteiger charge is 2.20. The summed E-state index contributed by atoms with van der Waals surface area (Å²) in [5, 5.41) is 4.38. The Morgan fingerprint density at radius 2 is 1.85 bits per heavy atom. The SMILES string of the molecule is Cc1cc(NC(=O)c2c(Cl)c3ccccc3n2C)ccc1N1CCCC1. The molecule has 4 rings (SSSR count). The van der Waals surface area contributed by atoms with Gasteiger partial charge in [-0.1, -0.05) is 29.8 Å². The van der Waals surface area contributed by atoms with E-state index in [1.54, 1.807) is 0 Å². The van der Waals surface area contributed by atoms with Gasteiger partial charge in [0.1, 0.15) is 5.69 Å². The molecule has 1 aliphatic heterocycles. The number of carbonyl (C=O) groups is 1. The molecule has 0 atom stereocenters. The van der Waals surface area contributed by atoms with Crippen molar-refractivity contribution in [3.05, 3.63) is 58.7 Å². The van der Waals surface area contributed by atoms with Crippen LogP contribution in [-0.2, 0) is 7.05 Å². The summed E-state index contributed by atoms with van der Waals surface area (Å²) in [4.78, 5) is 15.3. The zero-order valence-corrected chi connectivity index (χ0v) is 15.8. The number of rotatable bonds is 3. The number of hydrogen-bond acceptors (Lipinski definition) is 2. The van der Waals surface area contributed by atoms with Gasteiger partial charge in [0.25, 0.3) is 5.91 Å². The fourth-order valence-electron chi connectivity index (χ4n) is 3.84. The monoisotopic (exact) mass is 367 g/mol. The molecular weight excluding hydrogens is 346 g/mol. The number of halogens is 1. The molecule has 5 heteroatoms. The van der Waals surface area contributed by atoms with Gasteiger partial charge in [-0.15, -0.1) is 0 Å². The topological polar surface area (TPSA) is 37.3 Å². The predicted molar refractivity (Wildman–Crippen MR) is 109 cm³/mol. The largest absolute Gasteiger partial charge is 0.371 e. The number of amides is 1. The Balaban J connectivity index is 1.62. The highest BCUT2D eigenvalue weighted by atomic mass is 35.5. The first-order valence-corrected chi connectivity index (χ1v) is 9.34. The van der Waals surface area contributed by atoms with Gasteiger partial charge in [0.2, 0.25) is 0 Å². The first kappa shape index (κ1) is 17.0. The van der Waals surface area contributed by atoms with E-state index in [9.17, 15) is 4.79 Å². The van der Waals surface area contributed by atoms with Crippen LogP contribution in [0.3, 0.4) is 0 Å². The lowest BCUT2D eigenvalue weighted by Gasteiger charge is -2.20. The van der Waals surface area contributed by atoms with Crippen LogP contribution in [-0.4, -0.2) is 23.6 Å². The van der Waals surface area contributed by atoms with Crippen molar-refractivity contribution < 1.29 is 4.79 Å². The Hall–Kier alpha value is -2.46. The number of aryl methyl sites for hydroxylation is 2. The Morgan fingerprint density at radius 3 is 2.54 bits per heavy atom. The maximum Gasteiger partial charge on any atom is 0.273 e. The normalized spacial score (nSPS) is 14.2. The molecule has 134 valence electrons. The first-order chi connectivity index (χ1) is 12.6. The van der Waals surface area contributed by atoms with Crippen molar-refractivity contribution in [3.8, 4) is 0 Å². The van der Waals surface area contributed by atoms with Gasteiger partial charge in [-0.3, -0.25) is 4.79 Å². The third-order valence-electron chi connectivity index (χ3n) is 5.16. The molecule has 2 heterocycles. The molecule has 2 aromatic carbocycles. The van der Waals surface area contributed by atoms with E-state index in [0.29, 0.717) is 10.7 Å². The number of nitrogens with one attached hydrogen (secondary N) is 1. The summed E-state index contributed by atoms with van der Waals surface area (Å²) in [6, 6.07) is 13.9. The number of nitrogens with zero attached hydrogens (tertiary/aromatic N) is 2. The first-order valence-electron chi connectivity index (χ1n) is 8.96. The van der Waals surface area contributed by atoms with Gasteiger partial charge in [-0.05, 0) is 49.6 Å². The average Bonchev–Trinajstić information content (AvgIpc) is 3.23. The van der Waals surface area contributed by atoms with Crippen molar-refractivity contribution in [1.82, 2.24) is 4.57 Å². The average molecular weight is 368 g/mol. The molecule has 0 unspecified atom stereocenters. The van der Waals surface area contributed by atoms with E-state index in [1.807, 2.05) is 48.0 Å². The second-order valence-corrected chi connectivity index (χ2v) is 7.27. The second kappa shape index (κ2) is 6.69. The van der Waals surface area contributed by atoms with E-state index in [0.717, 1.165) is 29.7 Å². The van der Waals surface area contributed by atoms with Gasteiger partial charge in [-0.2, -0.15) is 0 Å². The molecular formula is C21H22ClN3O. The molecule has 0 spiro atoms. The standard InChI is InChI=1S/C21H22ClN3O/c1-14-13-15(9-10-17(14)25-11-5-6-12-25)23-21(26)20-19(22)16-7-3-4-8-18(16)24(20)2/h3-4,7-10,13H,5-6,11-12H2,1-2H3,(H,23,26). The molecule has 1 aromatic heterocycles. The number of aromatic nitrogens is 1.